The highest BCUT2D eigenvalue weighted by Crippen LogP contribution is 2.36. The van der Waals surface area contributed by atoms with Gasteiger partial charge in [-0.25, -0.2) is 4.79 Å². The molecule has 1 saturated heterocycles. The first-order valence-electron chi connectivity index (χ1n) is 8.85. The van der Waals surface area contributed by atoms with E-state index in [9.17, 15) is 18.0 Å². The number of esters is 1. The maximum absolute atomic E-state index is 12.8. The maximum atomic E-state index is 12.8. The van der Waals surface area contributed by atoms with Crippen LogP contribution in [0.25, 0.3) is 0 Å². The minimum absolute atomic E-state index is 0.0150. The SMILES string of the molecule is COC(=O)[C@@H]1CCC(c2ccc(C(F)(F)F)cc2)CN1c1ccc(C#N)cc1. The van der Waals surface area contributed by atoms with Crippen molar-refractivity contribution in [2.24, 2.45) is 0 Å². The summed E-state index contributed by atoms with van der Waals surface area (Å²) in [5.74, 6) is -0.367. The summed E-state index contributed by atoms with van der Waals surface area (Å²) in [4.78, 5) is 14.1. The van der Waals surface area contributed by atoms with Crippen LogP contribution in [0.15, 0.2) is 48.5 Å². The summed E-state index contributed by atoms with van der Waals surface area (Å²) in [5.41, 5.74) is 1.40. The van der Waals surface area contributed by atoms with Gasteiger partial charge in [-0.05, 0) is 54.8 Å². The number of piperidine rings is 1. The number of halogens is 3. The van der Waals surface area contributed by atoms with Crippen LogP contribution in [-0.2, 0) is 15.7 Å². The lowest BCUT2D eigenvalue weighted by Gasteiger charge is -2.40. The van der Waals surface area contributed by atoms with Gasteiger partial charge in [0.1, 0.15) is 6.04 Å². The van der Waals surface area contributed by atoms with Gasteiger partial charge in [0.2, 0.25) is 0 Å². The highest BCUT2D eigenvalue weighted by molar-refractivity contribution is 5.80. The average molecular weight is 388 g/mol. The van der Waals surface area contributed by atoms with Gasteiger partial charge in [-0.3, -0.25) is 0 Å². The predicted molar refractivity (Wildman–Crippen MR) is 97.7 cm³/mol. The monoisotopic (exact) mass is 388 g/mol. The van der Waals surface area contributed by atoms with Crippen LogP contribution in [0.2, 0.25) is 0 Å². The van der Waals surface area contributed by atoms with E-state index in [1.807, 2.05) is 4.90 Å². The molecule has 146 valence electrons. The van der Waals surface area contributed by atoms with E-state index >= 15 is 0 Å². The van der Waals surface area contributed by atoms with Crippen LogP contribution >= 0.6 is 0 Å². The fourth-order valence-corrected chi connectivity index (χ4v) is 3.58. The quantitative estimate of drug-likeness (QED) is 0.727. The van der Waals surface area contributed by atoms with E-state index in [4.69, 9.17) is 10.00 Å². The molecule has 3 rings (SSSR count). The van der Waals surface area contributed by atoms with Gasteiger partial charge < -0.3 is 9.64 Å². The van der Waals surface area contributed by atoms with Gasteiger partial charge in [0.25, 0.3) is 0 Å². The van der Waals surface area contributed by atoms with Gasteiger partial charge in [0.05, 0.1) is 24.3 Å². The number of carbonyl (C=O) groups excluding carboxylic acids is 1. The van der Waals surface area contributed by atoms with Crippen LogP contribution in [0, 0.1) is 11.3 Å². The van der Waals surface area contributed by atoms with Crippen molar-refractivity contribution in [2.75, 3.05) is 18.6 Å². The number of rotatable bonds is 3. The molecule has 1 fully saturated rings. The number of carbonyl (C=O) groups is 1. The van der Waals surface area contributed by atoms with Crippen molar-refractivity contribution >= 4 is 11.7 Å². The molecule has 1 aliphatic rings. The highest BCUT2D eigenvalue weighted by Gasteiger charge is 2.35. The molecule has 2 aromatic rings. The minimum Gasteiger partial charge on any atom is -0.467 e. The molecule has 0 spiro atoms. The normalized spacial score (nSPS) is 19.8. The van der Waals surface area contributed by atoms with Crippen LogP contribution in [0.4, 0.5) is 18.9 Å². The van der Waals surface area contributed by atoms with E-state index < -0.39 is 17.8 Å². The number of benzene rings is 2. The number of alkyl halides is 3. The molecule has 0 bridgehead atoms. The van der Waals surface area contributed by atoms with Gasteiger partial charge in [-0.15, -0.1) is 0 Å². The zero-order chi connectivity index (χ0) is 20.3. The predicted octanol–water partition coefficient (Wildman–Crippen LogP) is 4.50. The summed E-state index contributed by atoms with van der Waals surface area (Å²) in [7, 11) is 1.33. The first kappa shape index (κ1) is 19.7. The van der Waals surface area contributed by atoms with Crippen molar-refractivity contribution in [1.29, 1.82) is 5.26 Å². The van der Waals surface area contributed by atoms with E-state index in [2.05, 4.69) is 6.07 Å². The molecule has 0 amide bonds. The lowest BCUT2D eigenvalue weighted by Crippen LogP contribution is -2.47. The number of hydrogen-bond donors (Lipinski definition) is 0. The van der Waals surface area contributed by atoms with Gasteiger partial charge >= 0.3 is 12.1 Å². The van der Waals surface area contributed by atoms with Crippen molar-refractivity contribution < 1.29 is 22.7 Å². The third kappa shape index (κ3) is 4.11. The Balaban J connectivity index is 1.86. The number of nitrogens with zero attached hydrogens (tertiary/aromatic N) is 2. The molecule has 1 unspecified atom stereocenters. The number of methoxy groups -OCH3 is 1. The summed E-state index contributed by atoms with van der Waals surface area (Å²) in [6.45, 7) is 0.469. The molecule has 28 heavy (non-hydrogen) atoms. The van der Waals surface area contributed by atoms with Gasteiger partial charge in [-0.1, -0.05) is 12.1 Å². The van der Waals surface area contributed by atoms with E-state index in [0.717, 1.165) is 23.4 Å². The average Bonchev–Trinajstić information content (AvgIpc) is 2.72. The molecule has 0 radical (unpaired) electrons. The Morgan fingerprint density at radius 1 is 1.11 bits per heavy atom. The molecule has 1 aliphatic heterocycles. The Morgan fingerprint density at radius 2 is 1.75 bits per heavy atom. The molecule has 4 nitrogen and oxygen atoms in total. The molecule has 2 atom stereocenters. The molecule has 0 saturated carbocycles. The van der Waals surface area contributed by atoms with Crippen molar-refractivity contribution in [1.82, 2.24) is 0 Å². The fraction of sp³-hybridized carbons (Fsp3) is 0.333. The van der Waals surface area contributed by atoms with Gasteiger partial charge in [0.15, 0.2) is 0 Å². The van der Waals surface area contributed by atoms with E-state index in [1.54, 1.807) is 24.3 Å². The topological polar surface area (TPSA) is 53.3 Å². The molecule has 0 aliphatic carbocycles. The summed E-state index contributed by atoms with van der Waals surface area (Å²) in [6, 6.07) is 13.7. The molecule has 1 heterocycles. The Morgan fingerprint density at radius 3 is 2.29 bits per heavy atom. The lowest BCUT2D eigenvalue weighted by atomic mass is 9.86. The Bertz CT molecular complexity index is 871. The first-order valence-corrected chi connectivity index (χ1v) is 8.85. The largest absolute Gasteiger partial charge is 0.467 e. The number of ether oxygens (including phenoxy) is 1. The van der Waals surface area contributed by atoms with Gasteiger partial charge in [0, 0.05) is 18.2 Å². The summed E-state index contributed by atoms with van der Waals surface area (Å²) in [5, 5.41) is 8.97. The van der Waals surface area contributed by atoms with E-state index in [-0.39, 0.29) is 11.9 Å². The van der Waals surface area contributed by atoms with Crippen LogP contribution in [-0.4, -0.2) is 25.7 Å². The van der Waals surface area contributed by atoms with Crippen molar-refractivity contribution in [3.63, 3.8) is 0 Å². The van der Waals surface area contributed by atoms with Crippen LogP contribution in [0.5, 0.6) is 0 Å². The number of hydrogen-bond acceptors (Lipinski definition) is 4. The summed E-state index contributed by atoms with van der Waals surface area (Å²) < 4.78 is 43.3. The molecule has 0 N–H and O–H groups in total. The Labute approximate surface area is 161 Å². The van der Waals surface area contributed by atoms with Crippen LogP contribution < -0.4 is 4.90 Å². The fourth-order valence-electron chi connectivity index (χ4n) is 3.58. The van der Waals surface area contributed by atoms with E-state index in [0.29, 0.717) is 24.9 Å². The first-order chi connectivity index (χ1) is 13.3. The standard InChI is InChI=1S/C21H19F3N2O2/c1-28-20(27)19-11-6-16(15-4-7-17(8-5-15)21(22,23)24)13-26(19)18-9-2-14(12-25)3-10-18/h2-5,7-10,16,19H,6,11,13H2,1H3/t16?,19-/m0/s1. The van der Waals surface area contributed by atoms with Crippen LogP contribution in [0.3, 0.4) is 0 Å². The zero-order valence-electron chi connectivity index (χ0n) is 15.2. The lowest BCUT2D eigenvalue weighted by molar-refractivity contribution is -0.143. The summed E-state index contributed by atoms with van der Waals surface area (Å²) >= 11 is 0. The van der Waals surface area contributed by atoms with Crippen molar-refractivity contribution in [2.45, 2.75) is 31.0 Å². The second-order valence-electron chi connectivity index (χ2n) is 6.74. The van der Waals surface area contributed by atoms with E-state index in [1.165, 1.54) is 19.2 Å². The van der Waals surface area contributed by atoms with Crippen LogP contribution in [0.1, 0.15) is 35.4 Å². The highest BCUT2D eigenvalue weighted by atomic mass is 19.4. The molecule has 7 heteroatoms. The maximum Gasteiger partial charge on any atom is 0.416 e. The molecule has 0 aromatic heterocycles. The third-order valence-corrected chi connectivity index (χ3v) is 5.09. The van der Waals surface area contributed by atoms with Crippen molar-refractivity contribution in [3.05, 3.63) is 65.2 Å². The number of anilines is 1. The molecular formula is C21H19F3N2O2. The van der Waals surface area contributed by atoms with Gasteiger partial charge in [-0.2, -0.15) is 18.4 Å². The smallest absolute Gasteiger partial charge is 0.416 e. The molecule has 2 aromatic carbocycles. The second-order valence-corrected chi connectivity index (χ2v) is 6.74. The Kier molecular flexibility index (Phi) is 5.59. The number of nitriles is 1. The third-order valence-electron chi connectivity index (χ3n) is 5.09. The second kappa shape index (κ2) is 7.93. The molecular weight excluding hydrogens is 369 g/mol. The summed E-state index contributed by atoms with van der Waals surface area (Å²) in [6.07, 6.45) is -3.17. The minimum atomic E-state index is -4.37. The zero-order valence-corrected chi connectivity index (χ0v) is 15.2. The Hall–Kier alpha value is -3.01. The van der Waals surface area contributed by atoms with Crippen molar-refractivity contribution in [3.8, 4) is 6.07 Å².